The van der Waals surface area contributed by atoms with Crippen molar-refractivity contribution in [2.45, 2.75) is 96.9 Å². The minimum Gasteiger partial charge on any atom is -0.352 e. The summed E-state index contributed by atoms with van der Waals surface area (Å²) in [4.78, 5) is 0. The molecule has 0 N–H and O–H groups in total. The van der Waals surface area contributed by atoms with E-state index in [9.17, 15) is 0 Å². The molecule has 0 unspecified atom stereocenters. The van der Waals surface area contributed by atoms with Crippen molar-refractivity contribution in [1.29, 1.82) is 0 Å². The van der Waals surface area contributed by atoms with Crippen molar-refractivity contribution < 1.29 is 9.47 Å². The first-order valence-corrected chi connectivity index (χ1v) is 9.19. The van der Waals surface area contributed by atoms with E-state index in [1.54, 1.807) is 0 Å². The zero-order chi connectivity index (χ0) is 15.3. The molecule has 0 bridgehead atoms. The van der Waals surface area contributed by atoms with Gasteiger partial charge < -0.3 is 9.47 Å². The number of hydrogen-bond donors (Lipinski definition) is 0. The quantitative estimate of drug-likeness (QED) is 0.331. The van der Waals surface area contributed by atoms with Gasteiger partial charge in [0, 0.05) is 5.92 Å². The molecule has 0 aromatic heterocycles. The SMILES string of the molecule is C=CCCCCCCCC[C@H]1OC[C@@H](CC)[C@@H](CCC)O1. The number of unbranched alkanes of at least 4 members (excludes halogenated alkanes) is 6. The predicted octanol–water partition coefficient (Wildman–Crippen LogP) is 5.86. The molecular weight excluding hydrogens is 260 g/mol. The Morgan fingerprint density at radius 3 is 2.38 bits per heavy atom. The first-order chi connectivity index (χ1) is 10.3. The standard InChI is InChI=1S/C19H36O2/c1-4-7-8-9-10-11-12-13-15-19-20-16-17(6-3)18(21-19)14-5-2/h4,17-19H,1,5-16H2,2-3H3/t17-,18-,19+/m1/s1. The molecule has 1 rings (SSSR count). The summed E-state index contributed by atoms with van der Waals surface area (Å²) in [5.41, 5.74) is 0. The molecule has 0 spiro atoms. The highest BCUT2D eigenvalue weighted by Gasteiger charge is 2.29. The van der Waals surface area contributed by atoms with Crippen molar-refractivity contribution in [2.75, 3.05) is 6.61 Å². The zero-order valence-corrected chi connectivity index (χ0v) is 14.3. The maximum absolute atomic E-state index is 6.16. The second-order valence-corrected chi connectivity index (χ2v) is 6.38. The van der Waals surface area contributed by atoms with E-state index in [4.69, 9.17) is 9.47 Å². The Bertz CT molecular complexity index is 252. The minimum absolute atomic E-state index is 0.0603. The van der Waals surface area contributed by atoms with E-state index in [0.29, 0.717) is 12.0 Å². The van der Waals surface area contributed by atoms with Crippen LogP contribution in [0.1, 0.15) is 84.5 Å². The maximum atomic E-state index is 6.16. The molecule has 3 atom stereocenters. The Hall–Kier alpha value is -0.340. The van der Waals surface area contributed by atoms with Gasteiger partial charge in [-0.3, -0.25) is 0 Å². The molecule has 0 saturated carbocycles. The molecule has 124 valence electrons. The molecule has 1 fully saturated rings. The van der Waals surface area contributed by atoms with Gasteiger partial charge in [0.05, 0.1) is 12.7 Å². The van der Waals surface area contributed by atoms with Crippen molar-refractivity contribution >= 4 is 0 Å². The Kier molecular flexibility index (Phi) is 10.9. The van der Waals surface area contributed by atoms with Gasteiger partial charge in [-0.1, -0.05) is 52.0 Å². The van der Waals surface area contributed by atoms with Gasteiger partial charge in [0.15, 0.2) is 6.29 Å². The predicted molar refractivity (Wildman–Crippen MR) is 90.4 cm³/mol. The van der Waals surface area contributed by atoms with Gasteiger partial charge in [-0.05, 0) is 38.5 Å². The lowest BCUT2D eigenvalue weighted by molar-refractivity contribution is -0.240. The van der Waals surface area contributed by atoms with Crippen LogP contribution in [0.5, 0.6) is 0 Å². The lowest BCUT2D eigenvalue weighted by Crippen LogP contribution is -2.39. The van der Waals surface area contributed by atoms with Crippen LogP contribution in [0, 0.1) is 5.92 Å². The van der Waals surface area contributed by atoms with E-state index in [1.807, 2.05) is 6.08 Å². The van der Waals surface area contributed by atoms with Crippen LogP contribution in [-0.4, -0.2) is 19.0 Å². The van der Waals surface area contributed by atoms with Crippen molar-refractivity contribution in [3.05, 3.63) is 12.7 Å². The summed E-state index contributed by atoms with van der Waals surface area (Å²) in [7, 11) is 0. The van der Waals surface area contributed by atoms with Crippen molar-refractivity contribution in [2.24, 2.45) is 5.92 Å². The van der Waals surface area contributed by atoms with Gasteiger partial charge in [0.25, 0.3) is 0 Å². The first-order valence-electron chi connectivity index (χ1n) is 9.19. The minimum atomic E-state index is 0.0603. The fraction of sp³-hybridized carbons (Fsp3) is 0.895. The summed E-state index contributed by atoms with van der Waals surface area (Å²) in [6.07, 6.45) is 16.2. The summed E-state index contributed by atoms with van der Waals surface area (Å²) in [6.45, 7) is 9.14. The smallest absolute Gasteiger partial charge is 0.157 e. The average molecular weight is 296 g/mol. The van der Waals surface area contributed by atoms with Crippen LogP contribution in [0.2, 0.25) is 0 Å². The molecule has 2 nitrogen and oxygen atoms in total. The normalized spacial score (nSPS) is 25.9. The molecule has 1 aliphatic rings. The Morgan fingerprint density at radius 2 is 1.71 bits per heavy atom. The Labute approximate surface area is 132 Å². The molecular formula is C19H36O2. The van der Waals surface area contributed by atoms with Crippen LogP contribution >= 0.6 is 0 Å². The van der Waals surface area contributed by atoms with Gasteiger partial charge >= 0.3 is 0 Å². The summed E-state index contributed by atoms with van der Waals surface area (Å²) in [5.74, 6) is 0.603. The fourth-order valence-electron chi connectivity index (χ4n) is 3.11. The molecule has 0 aromatic rings. The molecule has 0 radical (unpaired) electrons. The molecule has 1 aliphatic heterocycles. The maximum Gasteiger partial charge on any atom is 0.157 e. The van der Waals surface area contributed by atoms with Crippen molar-refractivity contribution in [3.63, 3.8) is 0 Å². The van der Waals surface area contributed by atoms with E-state index >= 15 is 0 Å². The average Bonchev–Trinajstić information content (AvgIpc) is 2.50. The molecule has 0 amide bonds. The van der Waals surface area contributed by atoms with Gasteiger partial charge in [0.1, 0.15) is 0 Å². The highest BCUT2D eigenvalue weighted by atomic mass is 16.7. The van der Waals surface area contributed by atoms with Crippen LogP contribution in [0.4, 0.5) is 0 Å². The largest absolute Gasteiger partial charge is 0.352 e. The summed E-state index contributed by atoms with van der Waals surface area (Å²) in [5, 5.41) is 0. The molecule has 0 aromatic carbocycles. The molecule has 21 heavy (non-hydrogen) atoms. The number of hydrogen-bond acceptors (Lipinski definition) is 2. The van der Waals surface area contributed by atoms with Crippen LogP contribution in [0.15, 0.2) is 12.7 Å². The molecule has 2 heteroatoms. The van der Waals surface area contributed by atoms with Crippen LogP contribution in [-0.2, 0) is 9.47 Å². The second-order valence-electron chi connectivity index (χ2n) is 6.38. The topological polar surface area (TPSA) is 18.5 Å². The lowest BCUT2D eigenvalue weighted by Gasteiger charge is -2.36. The molecule has 1 heterocycles. The van der Waals surface area contributed by atoms with E-state index < -0.39 is 0 Å². The van der Waals surface area contributed by atoms with Gasteiger partial charge in [0.2, 0.25) is 0 Å². The van der Waals surface area contributed by atoms with Gasteiger partial charge in [-0.25, -0.2) is 0 Å². The third-order valence-corrected chi connectivity index (χ3v) is 4.54. The molecule has 1 saturated heterocycles. The Balaban J connectivity index is 2.05. The van der Waals surface area contributed by atoms with Gasteiger partial charge in [-0.15, -0.1) is 6.58 Å². The van der Waals surface area contributed by atoms with Crippen LogP contribution in [0.3, 0.4) is 0 Å². The summed E-state index contributed by atoms with van der Waals surface area (Å²) in [6, 6.07) is 0. The first kappa shape index (κ1) is 18.7. The fourth-order valence-corrected chi connectivity index (χ4v) is 3.11. The number of allylic oxidation sites excluding steroid dienone is 1. The van der Waals surface area contributed by atoms with Crippen LogP contribution in [0.25, 0.3) is 0 Å². The lowest BCUT2D eigenvalue weighted by atomic mass is 9.95. The van der Waals surface area contributed by atoms with Crippen LogP contribution < -0.4 is 0 Å². The van der Waals surface area contributed by atoms with E-state index in [0.717, 1.165) is 13.0 Å². The summed E-state index contributed by atoms with van der Waals surface area (Å²) < 4.78 is 12.0. The van der Waals surface area contributed by atoms with E-state index in [-0.39, 0.29) is 6.29 Å². The Morgan fingerprint density at radius 1 is 1.00 bits per heavy atom. The number of rotatable bonds is 12. The summed E-state index contributed by atoms with van der Waals surface area (Å²) >= 11 is 0. The van der Waals surface area contributed by atoms with E-state index in [1.165, 1.54) is 64.2 Å². The van der Waals surface area contributed by atoms with Gasteiger partial charge in [-0.2, -0.15) is 0 Å². The highest BCUT2D eigenvalue weighted by molar-refractivity contribution is 4.73. The third-order valence-electron chi connectivity index (χ3n) is 4.54. The molecule has 0 aliphatic carbocycles. The van der Waals surface area contributed by atoms with Crippen molar-refractivity contribution in [3.8, 4) is 0 Å². The highest BCUT2D eigenvalue weighted by Crippen LogP contribution is 2.27. The zero-order valence-electron chi connectivity index (χ0n) is 14.3. The monoisotopic (exact) mass is 296 g/mol. The van der Waals surface area contributed by atoms with E-state index in [2.05, 4.69) is 20.4 Å². The van der Waals surface area contributed by atoms with Crippen molar-refractivity contribution in [1.82, 2.24) is 0 Å². The number of ether oxygens (including phenoxy) is 2. The second kappa shape index (κ2) is 12.2. The third kappa shape index (κ3) is 8.01.